The molecule has 1 N–H and O–H groups in total. The smallest absolute Gasteiger partial charge is 0.266 e. The van der Waals surface area contributed by atoms with E-state index < -0.39 is 6.10 Å². The summed E-state index contributed by atoms with van der Waals surface area (Å²) in [7, 11) is 0. The van der Waals surface area contributed by atoms with Crippen molar-refractivity contribution >= 4 is 22.4 Å². The van der Waals surface area contributed by atoms with E-state index in [1.807, 2.05) is 39.0 Å². The molecule has 1 heterocycles. The van der Waals surface area contributed by atoms with Gasteiger partial charge in [-0.3, -0.25) is 10.1 Å². The third-order valence-corrected chi connectivity index (χ3v) is 3.91. The van der Waals surface area contributed by atoms with E-state index >= 15 is 0 Å². The second kappa shape index (κ2) is 6.05. The zero-order chi connectivity index (χ0) is 14.7. The molecule has 0 bridgehead atoms. The zero-order valence-electron chi connectivity index (χ0n) is 12.1. The van der Waals surface area contributed by atoms with Crippen LogP contribution in [0.1, 0.15) is 22.9 Å². The predicted molar refractivity (Wildman–Crippen MR) is 81.5 cm³/mol. The van der Waals surface area contributed by atoms with E-state index in [2.05, 4.69) is 10.3 Å². The van der Waals surface area contributed by atoms with Crippen LogP contribution in [0.15, 0.2) is 24.4 Å². The number of anilines is 1. The number of nitrogens with zero attached hydrogens (tertiary/aromatic N) is 1. The number of nitrogens with one attached hydrogen (secondary N) is 1. The van der Waals surface area contributed by atoms with E-state index in [1.165, 1.54) is 11.3 Å². The summed E-state index contributed by atoms with van der Waals surface area (Å²) in [5.41, 5.74) is 2.20. The standard InChI is InChI=1S/C15H18N2O2S/c1-9-6-5-7-13(11(9)3)19-12(4)14(18)17-15-16-8-10(2)20-15/h5-8,12H,1-4H3,(H,16,17,18). The summed E-state index contributed by atoms with van der Waals surface area (Å²) in [6, 6.07) is 5.82. The topological polar surface area (TPSA) is 51.2 Å². The molecule has 0 aliphatic carbocycles. The van der Waals surface area contributed by atoms with Crippen molar-refractivity contribution in [3.05, 3.63) is 40.4 Å². The third-order valence-electron chi connectivity index (χ3n) is 3.08. The van der Waals surface area contributed by atoms with Crippen molar-refractivity contribution in [2.75, 3.05) is 5.32 Å². The van der Waals surface area contributed by atoms with Crippen LogP contribution < -0.4 is 10.1 Å². The minimum Gasteiger partial charge on any atom is -0.481 e. The Morgan fingerprint density at radius 2 is 2.10 bits per heavy atom. The highest BCUT2D eigenvalue weighted by Gasteiger charge is 2.17. The number of benzene rings is 1. The quantitative estimate of drug-likeness (QED) is 0.938. The summed E-state index contributed by atoms with van der Waals surface area (Å²) < 4.78 is 5.73. The van der Waals surface area contributed by atoms with Crippen molar-refractivity contribution in [1.82, 2.24) is 4.98 Å². The van der Waals surface area contributed by atoms with Gasteiger partial charge in [0.2, 0.25) is 0 Å². The molecule has 0 aliphatic heterocycles. The van der Waals surface area contributed by atoms with E-state index in [0.717, 1.165) is 21.8 Å². The lowest BCUT2D eigenvalue weighted by atomic mass is 10.1. The van der Waals surface area contributed by atoms with Gasteiger partial charge in [0.05, 0.1) is 0 Å². The van der Waals surface area contributed by atoms with Crippen molar-refractivity contribution in [3.63, 3.8) is 0 Å². The molecule has 1 amide bonds. The first-order chi connectivity index (χ1) is 9.47. The molecule has 0 aliphatic rings. The number of carbonyl (C=O) groups excluding carboxylic acids is 1. The van der Waals surface area contributed by atoms with Gasteiger partial charge in [-0.1, -0.05) is 12.1 Å². The summed E-state index contributed by atoms with van der Waals surface area (Å²) in [5, 5.41) is 3.36. The third kappa shape index (κ3) is 3.36. The molecule has 1 aromatic carbocycles. The summed E-state index contributed by atoms with van der Waals surface area (Å²) in [4.78, 5) is 17.2. The molecule has 1 unspecified atom stereocenters. The molecule has 2 aromatic rings. The minimum atomic E-state index is -0.570. The van der Waals surface area contributed by atoms with Gasteiger partial charge in [-0.15, -0.1) is 11.3 Å². The fourth-order valence-electron chi connectivity index (χ4n) is 1.72. The second-order valence-electron chi connectivity index (χ2n) is 4.72. The van der Waals surface area contributed by atoms with E-state index in [9.17, 15) is 4.79 Å². The number of ether oxygens (including phenoxy) is 1. The van der Waals surface area contributed by atoms with Crippen LogP contribution in [0.5, 0.6) is 5.75 Å². The van der Waals surface area contributed by atoms with Gasteiger partial charge in [0, 0.05) is 11.1 Å². The average Bonchev–Trinajstić information content (AvgIpc) is 2.80. The van der Waals surface area contributed by atoms with Crippen LogP contribution in [0.2, 0.25) is 0 Å². The first kappa shape index (κ1) is 14.5. The number of hydrogen-bond donors (Lipinski definition) is 1. The highest BCUT2D eigenvalue weighted by molar-refractivity contribution is 7.15. The number of rotatable bonds is 4. The van der Waals surface area contributed by atoms with Crippen LogP contribution in [-0.2, 0) is 4.79 Å². The van der Waals surface area contributed by atoms with Gasteiger partial charge < -0.3 is 4.74 Å². The second-order valence-corrected chi connectivity index (χ2v) is 5.96. The molecular formula is C15H18N2O2S. The van der Waals surface area contributed by atoms with Gasteiger partial charge in [-0.25, -0.2) is 4.98 Å². The SMILES string of the molecule is Cc1cnc(NC(=O)C(C)Oc2cccc(C)c2C)s1. The van der Waals surface area contributed by atoms with E-state index in [-0.39, 0.29) is 5.91 Å². The predicted octanol–water partition coefficient (Wildman–Crippen LogP) is 3.47. The van der Waals surface area contributed by atoms with Gasteiger partial charge >= 0.3 is 0 Å². The molecule has 1 aromatic heterocycles. The fraction of sp³-hybridized carbons (Fsp3) is 0.333. The number of aromatic nitrogens is 1. The molecule has 20 heavy (non-hydrogen) atoms. The summed E-state index contributed by atoms with van der Waals surface area (Å²) >= 11 is 1.45. The molecule has 0 radical (unpaired) electrons. The number of amides is 1. The Bertz CT molecular complexity index is 622. The number of carbonyl (C=O) groups is 1. The van der Waals surface area contributed by atoms with E-state index in [4.69, 9.17) is 4.74 Å². The summed E-state index contributed by atoms with van der Waals surface area (Å²) in [6.45, 7) is 7.69. The van der Waals surface area contributed by atoms with Crippen LogP contribution >= 0.6 is 11.3 Å². The Hall–Kier alpha value is -1.88. The Balaban J connectivity index is 2.02. The van der Waals surface area contributed by atoms with Gasteiger partial charge in [-0.2, -0.15) is 0 Å². The van der Waals surface area contributed by atoms with Gasteiger partial charge in [0.25, 0.3) is 5.91 Å². The molecule has 0 fully saturated rings. The normalized spacial score (nSPS) is 12.0. The molecule has 0 spiro atoms. The Morgan fingerprint density at radius 1 is 1.35 bits per heavy atom. The molecule has 1 atom stereocenters. The number of thiazole rings is 1. The lowest BCUT2D eigenvalue weighted by Crippen LogP contribution is -2.30. The summed E-state index contributed by atoms with van der Waals surface area (Å²) in [6.07, 6.45) is 1.16. The maximum Gasteiger partial charge on any atom is 0.266 e. The Labute approximate surface area is 122 Å². The molecular weight excluding hydrogens is 272 g/mol. The Morgan fingerprint density at radius 3 is 2.75 bits per heavy atom. The molecule has 0 saturated carbocycles. The molecule has 2 rings (SSSR count). The largest absolute Gasteiger partial charge is 0.481 e. The molecule has 106 valence electrons. The summed E-state index contributed by atoms with van der Waals surface area (Å²) in [5.74, 6) is 0.545. The van der Waals surface area contributed by atoms with Crippen LogP contribution in [0.25, 0.3) is 0 Å². The van der Waals surface area contributed by atoms with Crippen molar-refractivity contribution in [2.24, 2.45) is 0 Å². The first-order valence-electron chi connectivity index (χ1n) is 6.43. The minimum absolute atomic E-state index is 0.194. The highest BCUT2D eigenvalue weighted by Crippen LogP contribution is 2.22. The lowest BCUT2D eigenvalue weighted by Gasteiger charge is -2.16. The molecule has 5 heteroatoms. The van der Waals surface area contributed by atoms with Crippen LogP contribution in [0, 0.1) is 20.8 Å². The van der Waals surface area contributed by atoms with Crippen molar-refractivity contribution in [2.45, 2.75) is 33.8 Å². The maximum atomic E-state index is 12.1. The average molecular weight is 290 g/mol. The number of aryl methyl sites for hydroxylation is 2. The molecule has 0 saturated heterocycles. The Kier molecular flexibility index (Phi) is 4.39. The highest BCUT2D eigenvalue weighted by atomic mass is 32.1. The van der Waals surface area contributed by atoms with Crippen molar-refractivity contribution < 1.29 is 9.53 Å². The van der Waals surface area contributed by atoms with Crippen LogP contribution in [-0.4, -0.2) is 17.0 Å². The first-order valence-corrected chi connectivity index (χ1v) is 7.25. The monoisotopic (exact) mass is 290 g/mol. The lowest BCUT2D eigenvalue weighted by molar-refractivity contribution is -0.122. The van der Waals surface area contributed by atoms with Gasteiger partial charge in [0.15, 0.2) is 11.2 Å². The van der Waals surface area contributed by atoms with Gasteiger partial charge in [-0.05, 0) is 44.9 Å². The van der Waals surface area contributed by atoms with Crippen LogP contribution in [0.3, 0.4) is 0 Å². The zero-order valence-corrected chi connectivity index (χ0v) is 12.9. The van der Waals surface area contributed by atoms with Crippen molar-refractivity contribution in [3.8, 4) is 5.75 Å². The maximum absolute atomic E-state index is 12.1. The number of hydrogen-bond acceptors (Lipinski definition) is 4. The molecule has 4 nitrogen and oxygen atoms in total. The van der Waals surface area contributed by atoms with Crippen LogP contribution in [0.4, 0.5) is 5.13 Å². The fourth-order valence-corrected chi connectivity index (χ4v) is 2.38. The van der Waals surface area contributed by atoms with Crippen molar-refractivity contribution in [1.29, 1.82) is 0 Å². The van der Waals surface area contributed by atoms with Gasteiger partial charge in [0.1, 0.15) is 5.75 Å². The van der Waals surface area contributed by atoms with E-state index in [0.29, 0.717) is 5.13 Å². The van der Waals surface area contributed by atoms with E-state index in [1.54, 1.807) is 13.1 Å².